The smallest absolute Gasteiger partial charge is 0.338 e. The second-order valence-electron chi connectivity index (χ2n) is 7.45. The summed E-state index contributed by atoms with van der Waals surface area (Å²) in [4.78, 5) is 39.0. The van der Waals surface area contributed by atoms with Gasteiger partial charge in [-0.1, -0.05) is 51.2 Å². The highest BCUT2D eigenvalue weighted by Crippen LogP contribution is 2.29. The average Bonchev–Trinajstić information content (AvgIpc) is 2.97. The number of esters is 1. The van der Waals surface area contributed by atoms with Gasteiger partial charge in [-0.25, -0.2) is 9.69 Å². The molecule has 0 bridgehead atoms. The molecule has 29 heavy (non-hydrogen) atoms. The third kappa shape index (κ3) is 4.73. The van der Waals surface area contributed by atoms with Gasteiger partial charge in [0.2, 0.25) is 0 Å². The minimum absolute atomic E-state index is 0.241. The van der Waals surface area contributed by atoms with E-state index in [9.17, 15) is 14.4 Å². The Labute approximate surface area is 171 Å². The van der Waals surface area contributed by atoms with Gasteiger partial charge in [0.05, 0.1) is 29.0 Å². The monoisotopic (exact) mass is 393 g/mol. The van der Waals surface area contributed by atoms with E-state index in [0.717, 1.165) is 29.7 Å². The van der Waals surface area contributed by atoms with Crippen molar-refractivity contribution in [1.82, 2.24) is 0 Å². The molecule has 5 nitrogen and oxygen atoms in total. The lowest BCUT2D eigenvalue weighted by atomic mass is 10.1. The molecular formula is C24H27NO4. The van der Waals surface area contributed by atoms with Gasteiger partial charge in [0.15, 0.2) is 0 Å². The maximum absolute atomic E-state index is 12.8. The lowest BCUT2D eigenvalue weighted by molar-refractivity contribution is 0.0497. The third-order valence-electron chi connectivity index (χ3n) is 5.11. The van der Waals surface area contributed by atoms with E-state index in [1.807, 2.05) is 13.0 Å². The van der Waals surface area contributed by atoms with Crippen molar-refractivity contribution in [3.63, 3.8) is 0 Å². The van der Waals surface area contributed by atoms with Crippen molar-refractivity contribution in [2.75, 3.05) is 11.5 Å². The van der Waals surface area contributed by atoms with Crippen LogP contribution in [0.25, 0.3) is 0 Å². The molecule has 2 aromatic carbocycles. The van der Waals surface area contributed by atoms with Gasteiger partial charge in [-0.15, -0.1) is 0 Å². The number of ether oxygens (including phenoxy) is 1. The summed E-state index contributed by atoms with van der Waals surface area (Å²) in [5.74, 6) is -1.25. The summed E-state index contributed by atoms with van der Waals surface area (Å²) >= 11 is 0. The maximum atomic E-state index is 12.8. The summed E-state index contributed by atoms with van der Waals surface area (Å²) in [6.07, 6.45) is 6.67. The lowest BCUT2D eigenvalue weighted by Gasteiger charge is -2.14. The van der Waals surface area contributed by atoms with E-state index in [4.69, 9.17) is 4.74 Å². The van der Waals surface area contributed by atoms with Crippen LogP contribution in [0.4, 0.5) is 5.69 Å². The van der Waals surface area contributed by atoms with Crippen LogP contribution < -0.4 is 4.90 Å². The van der Waals surface area contributed by atoms with E-state index in [1.165, 1.54) is 31.4 Å². The normalized spacial score (nSPS) is 13.0. The Balaban J connectivity index is 1.64. The summed E-state index contributed by atoms with van der Waals surface area (Å²) in [5, 5.41) is 0. The Morgan fingerprint density at radius 1 is 0.897 bits per heavy atom. The van der Waals surface area contributed by atoms with Crippen LogP contribution in [-0.4, -0.2) is 24.4 Å². The Bertz CT molecular complexity index is 919. The van der Waals surface area contributed by atoms with E-state index in [1.54, 1.807) is 24.3 Å². The molecule has 3 rings (SSSR count). The standard InChI is InChI=1S/C24H27NO4/c1-3-4-5-6-7-8-14-29-24(28)18-12-13-20-21(16-18)23(27)25(22(20)26)19-11-9-10-17(2)15-19/h9-13,15-16H,3-8,14H2,1-2H3. The van der Waals surface area contributed by atoms with Crippen LogP contribution in [0.3, 0.4) is 0 Å². The van der Waals surface area contributed by atoms with Gasteiger partial charge in [0, 0.05) is 0 Å². The second kappa shape index (κ2) is 9.50. The van der Waals surface area contributed by atoms with Crippen LogP contribution >= 0.6 is 0 Å². The van der Waals surface area contributed by atoms with Crippen molar-refractivity contribution in [2.24, 2.45) is 0 Å². The lowest BCUT2D eigenvalue weighted by Crippen LogP contribution is -2.29. The molecule has 0 radical (unpaired) electrons. The van der Waals surface area contributed by atoms with Crippen LogP contribution in [0.5, 0.6) is 0 Å². The first-order valence-electron chi connectivity index (χ1n) is 10.3. The van der Waals surface area contributed by atoms with Crippen LogP contribution in [0, 0.1) is 6.92 Å². The predicted molar refractivity (Wildman–Crippen MR) is 112 cm³/mol. The first kappa shape index (κ1) is 20.8. The Kier molecular flexibility index (Phi) is 6.81. The quantitative estimate of drug-likeness (QED) is 0.329. The molecule has 0 spiro atoms. The zero-order valence-electron chi connectivity index (χ0n) is 17.1. The maximum Gasteiger partial charge on any atom is 0.338 e. The van der Waals surface area contributed by atoms with Gasteiger partial charge >= 0.3 is 5.97 Å². The van der Waals surface area contributed by atoms with Gasteiger partial charge in [-0.05, 0) is 49.2 Å². The number of hydrogen-bond acceptors (Lipinski definition) is 4. The topological polar surface area (TPSA) is 63.7 Å². The van der Waals surface area contributed by atoms with Gasteiger partial charge in [0.1, 0.15) is 0 Å². The largest absolute Gasteiger partial charge is 0.462 e. The molecule has 0 unspecified atom stereocenters. The highest BCUT2D eigenvalue weighted by molar-refractivity contribution is 6.34. The van der Waals surface area contributed by atoms with E-state index in [-0.39, 0.29) is 11.5 Å². The van der Waals surface area contributed by atoms with Gasteiger partial charge in [-0.3, -0.25) is 9.59 Å². The highest BCUT2D eigenvalue weighted by Gasteiger charge is 2.37. The fourth-order valence-corrected chi connectivity index (χ4v) is 3.50. The molecule has 0 saturated carbocycles. The SMILES string of the molecule is CCCCCCCCOC(=O)c1ccc2c(c1)C(=O)N(c1cccc(C)c1)C2=O. The summed E-state index contributed by atoms with van der Waals surface area (Å²) in [5.41, 5.74) is 2.33. The first-order chi connectivity index (χ1) is 14.0. The Morgan fingerprint density at radius 3 is 2.38 bits per heavy atom. The number of benzene rings is 2. The van der Waals surface area contributed by atoms with Crippen LogP contribution in [-0.2, 0) is 4.74 Å². The summed E-state index contributed by atoms with van der Waals surface area (Å²) in [6, 6.07) is 11.8. The number of anilines is 1. The van der Waals surface area contributed by atoms with Crippen molar-refractivity contribution in [1.29, 1.82) is 0 Å². The molecule has 0 aromatic heterocycles. The molecule has 1 heterocycles. The van der Waals surface area contributed by atoms with E-state index in [2.05, 4.69) is 6.92 Å². The summed E-state index contributed by atoms with van der Waals surface area (Å²) in [7, 11) is 0. The molecule has 0 saturated heterocycles. The number of aryl methyl sites for hydroxylation is 1. The molecule has 2 aromatic rings. The zero-order valence-corrected chi connectivity index (χ0v) is 17.1. The van der Waals surface area contributed by atoms with Crippen molar-refractivity contribution < 1.29 is 19.1 Å². The van der Waals surface area contributed by atoms with Gasteiger partial charge in [-0.2, -0.15) is 0 Å². The number of imide groups is 1. The summed E-state index contributed by atoms with van der Waals surface area (Å²) in [6.45, 7) is 4.45. The number of fused-ring (bicyclic) bond motifs is 1. The number of carbonyl (C=O) groups is 3. The molecule has 0 N–H and O–H groups in total. The molecule has 1 aliphatic heterocycles. The number of carbonyl (C=O) groups excluding carboxylic acids is 3. The first-order valence-corrected chi connectivity index (χ1v) is 10.3. The number of rotatable bonds is 9. The fraction of sp³-hybridized carbons (Fsp3) is 0.375. The van der Waals surface area contributed by atoms with Crippen molar-refractivity contribution in [3.8, 4) is 0 Å². The fourth-order valence-electron chi connectivity index (χ4n) is 3.50. The second-order valence-corrected chi connectivity index (χ2v) is 7.45. The molecule has 0 fully saturated rings. The Morgan fingerprint density at radius 2 is 1.62 bits per heavy atom. The van der Waals surface area contributed by atoms with E-state index < -0.39 is 11.9 Å². The van der Waals surface area contributed by atoms with E-state index in [0.29, 0.717) is 23.4 Å². The molecule has 152 valence electrons. The minimum atomic E-state index is -0.462. The van der Waals surface area contributed by atoms with Gasteiger partial charge < -0.3 is 4.74 Å². The molecule has 2 amide bonds. The minimum Gasteiger partial charge on any atom is -0.462 e. The number of nitrogens with zero attached hydrogens (tertiary/aromatic N) is 1. The Hall–Kier alpha value is -2.95. The van der Waals surface area contributed by atoms with Crippen LogP contribution in [0.15, 0.2) is 42.5 Å². The average molecular weight is 393 g/mol. The van der Waals surface area contributed by atoms with Crippen molar-refractivity contribution >= 4 is 23.5 Å². The number of hydrogen-bond donors (Lipinski definition) is 0. The molecule has 0 aliphatic carbocycles. The zero-order chi connectivity index (χ0) is 20.8. The predicted octanol–water partition coefficient (Wildman–Crippen LogP) is 5.31. The highest BCUT2D eigenvalue weighted by atomic mass is 16.5. The van der Waals surface area contributed by atoms with Crippen LogP contribution in [0.2, 0.25) is 0 Å². The number of unbranched alkanes of at least 4 members (excludes halogenated alkanes) is 5. The van der Waals surface area contributed by atoms with Crippen molar-refractivity contribution in [2.45, 2.75) is 52.4 Å². The molecule has 5 heteroatoms. The van der Waals surface area contributed by atoms with Gasteiger partial charge in [0.25, 0.3) is 11.8 Å². The number of amides is 2. The van der Waals surface area contributed by atoms with E-state index >= 15 is 0 Å². The molecule has 1 aliphatic rings. The molecule has 0 atom stereocenters. The van der Waals surface area contributed by atoms with Crippen LogP contribution in [0.1, 0.15) is 82.1 Å². The molecular weight excluding hydrogens is 366 g/mol. The van der Waals surface area contributed by atoms with Crippen molar-refractivity contribution in [3.05, 3.63) is 64.7 Å². The summed E-state index contributed by atoms with van der Waals surface area (Å²) < 4.78 is 5.33. The third-order valence-corrected chi connectivity index (χ3v) is 5.11.